The van der Waals surface area contributed by atoms with Crippen molar-refractivity contribution in [1.82, 2.24) is 14.9 Å². The van der Waals surface area contributed by atoms with Gasteiger partial charge in [-0.15, -0.1) is 24.0 Å². The van der Waals surface area contributed by atoms with Gasteiger partial charge in [0.2, 0.25) is 10.0 Å². The molecule has 1 aliphatic heterocycles. The molecule has 7 nitrogen and oxygen atoms in total. The minimum absolute atomic E-state index is 0. The van der Waals surface area contributed by atoms with E-state index in [0.717, 1.165) is 17.7 Å². The van der Waals surface area contributed by atoms with E-state index < -0.39 is 10.0 Å². The van der Waals surface area contributed by atoms with Crippen LogP contribution in [0.3, 0.4) is 0 Å². The van der Waals surface area contributed by atoms with Gasteiger partial charge >= 0.3 is 0 Å². The van der Waals surface area contributed by atoms with E-state index in [9.17, 15) is 8.42 Å². The number of guanidine groups is 1. The summed E-state index contributed by atoms with van der Waals surface area (Å²) in [6.45, 7) is 7.09. The average Bonchev–Trinajstić information content (AvgIpc) is 2.71. The smallest absolute Gasteiger partial charge is 0.242 e. The van der Waals surface area contributed by atoms with Crippen LogP contribution in [0, 0.1) is 0 Å². The molecule has 3 rings (SSSR count). The molecule has 0 bridgehead atoms. The topological polar surface area (TPSA) is 83.0 Å². The molecule has 2 aromatic rings. The predicted octanol–water partition coefficient (Wildman–Crippen LogP) is 3.91. The first-order chi connectivity index (χ1) is 14.6. The molecule has 1 atom stereocenters. The Morgan fingerprint density at radius 1 is 1.16 bits per heavy atom. The van der Waals surface area contributed by atoms with Crippen LogP contribution in [0.5, 0.6) is 5.75 Å². The van der Waals surface area contributed by atoms with Gasteiger partial charge in [-0.2, -0.15) is 0 Å². The summed E-state index contributed by atoms with van der Waals surface area (Å²) in [5, 5.41) is 6.80. The maximum Gasteiger partial charge on any atom is 0.242 e. The van der Waals surface area contributed by atoms with Gasteiger partial charge in [-0.25, -0.2) is 17.7 Å². The molecule has 0 saturated carbocycles. The Hall–Kier alpha value is -1.85. The normalized spacial score (nSPS) is 17.7. The Kier molecular flexibility index (Phi) is 8.95. The quantitative estimate of drug-likeness (QED) is 0.312. The van der Waals surface area contributed by atoms with Crippen molar-refractivity contribution in [3.63, 3.8) is 0 Å². The molecular formula is C23H33IN4O3S. The largest absolute Gasteiger partial charge is 0.487 e. The number of fused-ring (bicyclic) bond motifs is 1. The summed E-state index contributed by atoms with van der Waals surface area (Å²) >= 11 is 0. The van der Waals surface area contributed by atoms with Crippen molar-refractivity contribution < 1.29 is 13.2 Å². The molecule has 0 aliphatic carbocycles. The van der Waals surface area contributed by atoms with Crippen molar-refractivity contribution in [2.24, 2.45) is 4.99 Å². The third kappa shape index (κ3) is 6.14. The van der Waals surface area contributed by atoms with Gasteiger partial charge in [0.1, 0.15) is 11.4 Å². The van der Waals surface area contributed by atoms with Crippen molar-refractivity contribution in [2.75, 3.05) is 20.6 Å². The van der Waals surface area contributed by atoms with E-state index in [4.69, 9.17) is 9.73 Å². The van der Waals surface area contributed by atoms with Crippen LogP contribution in [0.25, 0.3) is 0 Å². The highest BCUT2D eigenvalue weighted by Gasteiger charge is 2.34. The number of para-hydroxylation sites is 1. The maximum atomic E-state index is 12.7. The first-order valence-electron chi connectivity index (χ1n) is 10.5. The number of hydrogen-bond acceptors (Lipinski definition) is 4. The molecule has 1 unspecified atom stereocenters. The fourth-order valence-electron chi connectivity index (χ4n) is 3.66. The van der Waals surface area contributed by atoms with Crippen LogP contribution < -0.4 is 15.4 Å². The third-order valence-corrected chi connectivity index (χ3v) is 7.09. The van der Waals surface area contributed by atoms with E-state index in [0.29, 0.717) is 18.1 Å². The summed E-state index contributed by atoms with van der Waals surface area (Å²) in [5.41, 5.74) is 1.43. The summed E-state index contributed by atoms with van der Waals surface area (Å²) < 4.78 is 32.7. The molecule has 0 radical (unpaired) electrons. The molecule has 1 aliphatic rings. The Morgan fingerprint density at radius 2 is 1.81 bits per heavy atom. The molecule has 32 heavy (non-hydrogen) atoms. The van der Waals surface area contributed by atoms with E-state index in [1.54, 1.807) is 18.2 Å². The van der Waals surface area contributed by atoms with Crippen molar-refractivity contribution in [3.05, 3.63) is 59.7 Å². The first kappa shape index (κ1) is 26.4. The van der Waals surface area contributed by atoms with Crippen molar-refractivity contribution >= 4 is 40.0 Å². The highest BCUT2D eigenvalue weighted by molar-refractivity contribution is 14.0. The lowest BCUT2D eigenvalue weighted by Crippen LogP contribution is -2.45. The molecule has 9 heteroatoms. The zero-order valence-electron chi connectivity index (χ0n) is 19.3. The van der Waals surface area contributed by atoms with E-state index in [-0.39, 0.29) is 47.1 Å². The number of sulfonamides is 1. The number of rotatable bonds is 6. The SMILES string of the molecule is CCNC(=NCc1ccccc1S(=O)(=O)N(C)C)NC1CC(C)(C)Oc2ccccc21.I. The van der Waals surface area contributed by atoms with E-state index in [1.807, 2.05) is 31.2 Å². The highest BCUT2D eigenvalue weighted by atomic mass is 127. The Balaban J connectivity index is 0.00000363. The second-order valence-corrected chi connectivity index (χ2v) is 10.5. The van der Waals surface area contributed by atoms with Crippen LogP contribution in [0.15, 0.2) is 58.4 Å². The van der Waals surface area contributed by atoms with Crippen LogP contribution in [-0.4, -0.2) is 44.9 Å². The Bertz CT molecular complexity index is 1050. The van der Waals surface area contributed by atoms with Crippen molar-refractivity contribution in [3.8, 4) is 5.75 Å². The van der Waals surface area contributed by atoms with E-state index in [1.165, 1.54) is 18.4 Å². The minimum Gasteiger partial charge on any atom is -0.487 e. The fourth-order valence-corrected chi connectivity index (χ4v) is 4.77. The lowest BCUT2D eigenvalue weighted by Gasteiger charge is -2.38. The molecular weight excluding hydrogens is 539 g/mol. The van der Waals surface area contributed by atoms with Crippen LogP contribution in [0.2, 0.25) is 0 Å². The Morgan fingerprint density at radius 3 is 2.50 bits per heavy atom. The van der Waals surface area contributed by atoms with Crippen LogP contribution in [-0.2, 0) is 16.6 Å². The first-order valence-corrected chi connectivity index (χ1v) is 11.9. The number of nitrogens with one attached hydrogen (secondary N) is 2. The zero-order chi connectivity index (χ0) is 22.6. The Labute approximate surface area is 208 Å². The summed E-state index contributed by atoms with van der Waals surface area (Å²) in [7, 11) is -0.477. The summed E-state index contributed by atoms with van der Waals surface area (Å²) in [6.07, 6.45) is 0.778. The van der Waals surface area contributed by atoms with E-state index in [2.05, 4.69) is 30.5 Å². The van der Waals surface area contributed by atoms with Crippen molar-refractivity contribution in [2.45, 2.75) is 50.3 Å². The summed E-state index contributed by atoms with van der Waals surface area (Å²) in [5.74, 6) is 1.51. The van der Waals surface area contributed by atoms with Gasteiger partial charge in [0.15, 0.2) is 5.96 Å². The molecule has 2 aromatic carbocycles. The lowest BCUT2D eigenvalue weighted by molar-refractivity contribution is 0.0694. The van der Waals surface area contributed by atoms with Crippen LogP contribution in [0.1, 0.15) is 44.4 Å². The lowest BCUT2D eigenvalue weighted by atomic mass is 9.90. The van der Waals surface area contributed by atoms with Crippen LogP contribution in [0.4, 0.5) is 0 Å². The van der Waals surface area contributed by atoms with Gasteiger partial charge in [-0.1, -0.05) is 36.4 Å². The highest BCUT2D eigenvalue weighted by Crippen LogP contribution is 2.39. The van der Waals surface area contributed by atoms with Gasteiger partial charge in [0.05, 0.1) is 17.5 Å². The predicted molar refractivity (Wildman–Crippen MR) is 139 cm³/mol. The van der Waals surface area contributed by atoms with Gasteiger partial charge in [0, 0.05) is 32.6 Å². The summed E-state index contributed by atoms with van der Waals surface area (Å²) in [4.78, 5) is 4.98. The summed E-state index contributed by atoms with van der Waals surface area (Å²) in [6, 6.07) is 15.0. The molecule has 1 heterocycles. The van der Waals surface area contributed by atoms with E-state index >= 15 is 0 Å². The van der Waals surface area contributed by atoms with Gasteiger partial charge in [-0.05, 0) is 38.5 Å². The number of hydrogen-bond donors (Lipinski definition) is 2. The van der Waals surface area contributed by atoms with Crippen LogP contribution >= 0.6 is 24.0 Å². The number of halogens is 1. The minimum atomic E-state index is -3.54. The number of benzene rings is 2. The maximum absolute atomic E-state index is 12.7. The monoisotopic (exact) mass is 572 g/mol. The second-order valence-electron chi connectivity index (χ2n) is 8.39. The van der Waals surface area contributed by atoms with Gasteiger partial charge in [0.25, 0.3) is 0 Å². The van der Waals surface area contributed by atoms with Crippen molar-refractivity contribution in [1.29, 1.82) is 0 Å². The molecule has 0 amide bonds. The van der Waals surface area contributed by atoms with Gasteiger partial charge in [-0.3, -0.25) is 0 Å². The molecule has 0 saturated heterocycles. The molecule has 0 aromatic heterocycles. The van der Waals surface area contributed by atoms with Gasteiger partial charge < -0.3 is 15.4 Å². The molecule has 2 N–H and O–H groups in total. The zero-order valence-corrected chi connectivity index (χ0v) is 22.4. The number of nitrogens with zero attached hydrogens (tertiary/aromatic N) is 2. The molecule has 0 fully saturated rings. The third-order valence-electron chi connectivity index (χ3n) is 5.17. The molecule has 0 spiro atoms. The molecule has 176 valence electrons. The number of ether oxygens (including phenoxy) is 1. The second kappa shape index (κ2) is 10.8. The standard InChI is InChI=1S/C23H32N4O3S.HI/c1-6-24-22(25-16-17-11-7-10-14-21(17)31(28,29)27(4)5)26-19-15-23(2,3)30-20-13-9-8-12-18(19)20;/h7-14,19H,6,15-16H2,1-5H3,(H2,24,25,26);1H. The average molecular weight is 573 g/mol. The fraction of sp³-hybridized carbons (Fsp3) is 0.435. The number of aliphatic imine (C=N–C) groups is 1.